The largest absolute Gasteiger partial charge is 0.423 e. The second-order valence-electron chi connectivity index (χ2n) is 5.65. The molecule has 0 saturated carbocycles. The summed E-state index contributed by atoms with van der Waals surface area (Å²) >= 11 is 11.8. The van der Waals surface area contributed by atoms with E-state index in [4.69, 9.17) is 27.9 Å². The van der Waals surface area contributed by atoms with E-state index in [0.717, 1.165) is 0 Å². The highest BCUT2D eigenvalue weighted by atomic mass is 35.5. The lowest BCUT2D eigenvalue weighted by molar-refractivity contribution is 0.0734. The highest BCUT2D eigenvalue weighted by Crippen LogP contribution is 2.20. The molecule has 0 spiro atoms. The van der Waals surface area contributed by atoms with Crippen LogP contribution in [0.2, 0.25) is 10.0 Å². The van der Waals surface area contributed by atoms with Crippen molar-refractivity contribution in [3.8, 4) is 5.75 Å². The highest BCUT2D eigenvalue weighted by molar-refractivity contribution is 6.36. The van der Waals surface area contributed by atoms with Crippen LogP contribution in [0.4, 0.5) is 0 Å². The third-order valence-electron chi connectivity index (χ3n) is 3.66. The summed E-state index contributed by atoms with van der Waals surface area (Å²) in [6.07, 6.45) is 1.46. The molecule has 7 heteroatoms. The number of carbonyl (C=O) groups is 2. The standard InChI is InChI=1S/C21H14Cl2N2O3/c22-16-8-11-18(19(23)12-16)20(26)25-24-13-14-6-9-17(10-7-14)28-21(27)15-4-2-1-3-5-15/h1-13H,(H,25,26)/b24-13+. The summed E-state index contributed by atoms with van der Waals surface area (Å²) in [6, 6.07) is 20.0. The predicted molar refractivity (Wildman–Crippen MR) is 109 cm³/mol. The summed E-state index contributed by atoms with van der Waals surface area (Å²) in [5.74, 6) is -0.483. The van der Waals surface area contributed by atoms with E-state index in [1.165, 1.54) is 18.3 Å². The molecule has 28 heavy (non-hydrogen) atoms. The first-order chi connectivity index (χ1) is 13.5. The number of rotatable bonds is 5. The average molecular weight is 413 g/mol. The van der Waals surface area contributed by atoms with Gasteiger partial charge in [-0.05, 0) is 60.2 Å². The zero-order valence-corrected chi connectivity index (χ0v) is 15.9. The Bertz CT molecular complexity index is 1020. The van der Waals surface area contributed by atoms with Crippen molar-refractivity contribution in [2.24, 2.45) is 5.10 Å². The molecule has 0 aromatic heterocycles. The van der Waals surface area contributed by atoms with Gasteiger partial charge in [-0.15, -0.1) is 0 Å². The van der Waals surface area contributed by atoms with E-state index in [2.05, 4.69) is 10.5 Å². The van der Waals surface area contributed by atoms with E-state index in [9.17, 15) is 9.59 Å². The molecule has 0 bridgehead atoms. The normalized spacial score (nSPS) is 10.6. The Hall–Kier alpha value is -3.15. The minimum absolute atomic E-state index is 0.241. The number of halogens is 2. The molecule has 3 aromatic carbocycles. The van der Waals surface area contributed by atoms with Crippen LogP contribution in [-0.4, -0.2) is 18.1 Å². The topological polar surface area (TPSA) is 67.8 Å². The molecule has 0 aliphatic carbocycles. The van der Waals surface area contributed by atoms with Crippen LogP contribution >= 0.6 is 23.2 Å². The van der Waals surface area contributed by atoms with E-state index < -0.39 is 11.9 Å². The summed E-state index contributed by atoms with van der Waals surface area (Å²) in [4.78, 5) is 24.1. The second kappa shape index (κ2) is 9.17. The molecule has 140 valence electrons. The Morgan fingerprint density at radius 2 is 1.64 bits per heavy atom. The van der Waals surface area contributed by atoms with Crippen molar-refractivity contribution in [3.05, 3.63) is 99.5 Å². The van der Waals surface area contributed by atoms with Crippen LogP contribution in [0.1, 0.15) is 26.3 Å². The molecular formula is C21H14Cl2N2O3. The van der Waals surface area contributed by atoms with Crippen molar-refractivity contribution < 1.29 is 14.3 Å². The van der Waals surface area contributed by atoms with Crippen LogP contribution < -0.4 is 10.2 Å². The van der Waals surface area contributed by atoms with Crippen molar-refractivity contribution in [2.45, 2.75) is 0 Å². The van der Waals surface area contributed by atoms with Gasteiger partial charge in [0.15, 0.2) is 0 Å². The summed E-state index contributed by atoms with van der Waals surface area (Å²) in [5.41, 5.74) is 3.84. The zero-order chi connectivity index (χ0) is 19.9. The van der Waals surface area contributed by atoms with E-state index in [-0.39, 0.29) is 10.6 Å². The van der Waals surface area contributed by atoms with Gasteiger partial charge in [0.2, 0.25) is 0 Å². The van der Waals surface area contributed by atoms with E-state index >= 15 is 0 Å². The summed E-state index contributed by atoms with van der Waals surface area (Å²) in [6.45, 7) is 0. The number of ether oxygens (including phenoxy) is 1. The van der Waals surface area contributed by atoms with Gasteiger partial charge in [0.25, 0.3) is 5.91 Å². The maximum absolute atomic E-state index is 12.1. The maximum atomic E-state index is 12.1. The molecule has 5 nitrogen and oxygen atoms in total. The van der Waals surface area contributed by atoms with Crippen molar-refractivity contribution in [2.75, 3.05) is 0 Å². The van der Waals surface area contributed by atoms with Gasteiger partial charge in [-0.1, -0.05) is 41.4 Å². The third-order valence-corrected chi connectivity index (χ3v) is 4.20. The molecule has 0 aliphatic rings. The lowest BCUT2D eigenvalue weighted by Crippen LogP contribution is -2.18. The predicted octanol–water partition coefficient (Wildman–Crippen LogP) is 4.98. The van der Waals surface area contributed by atoms with Crippen LogP contribution in [0.3, 0.4) is 0 Å². The van der Waals surface area contributed by atoms with Gasteiger partial charge < -0.3 is 4.74 Å². The lowest BCUT2D eigenvalue weighted by atomic mass is 10.2. The fraction of sp³-hybridized carbons (Fsp3) is 0. The lowest BCUT2D eigenvalue weighted by Gasteiger charge is -2.04. The number of nitrogens with one attached hydrogen (secondary N) is 1. The average Bonchev–Trinajstić information content (AvgIpc) is 2.70. The first-order valence-electron chi connectivity index (χ1n) is 8.19. The van der Waals surface area contributed by atoms with E-state index in [1.807, 2.05) is 6.07 Å². The smallest absolute Gasteiger partial charge is 0.343 e. The van der Waals surface area contributed by atoms with Gasteiger partial charge >= 0.3 is 5.97 Å². The fourth-order valence-electron chi connectivity index (χ4n) is 2.26. The van der Waals surface area contributed by atoms with Gasteiger partial charge in [-0.2, -0.15) is 5.10 Å². The molecule has 0 fully saturated rings. The summed E-state index contributed by atoms with van der Waals surface area (Å²) < 4.78 is 5.30. The van der Waals surface area contributed by atoms with Crippen molar-refractivity contribution >= 4 is 41.3 Å². The van der Waals surface area contributed by atoms with Crippen LogP contribution in [0.25, 0.3) is 0 Å². The number of benzene rings is 3. The molecule has 0 heterocycles. The minimum atomic E-state index is -0.452. The number of hydrogen-bond donors (Lipinski definition) is 1. The molecule has 1 N–H and O–H groups in total. The Morgan fingerprint density at radius 1 is 0.929 bits per heavy atom. The van der Waals surface area contributed by atoms with Gasteiger partial charge in [-0.3, -0.25) is 4.79 Å². The first kappa shape index (κ1) is 19.6. The Kier molecular flexibility index (Phi) is 6.42. The van der Waals surface area contributed by atoms with Crippen LogP contribution in [0, 0.1) is 0 Å². The Labute approximate surface area is 171 Å². The molecule has 0 radical (unpaired) electrons. The number of carbonyl (C=O) groups excluding carboxylic acids is 2. The van der Waals surface area contributed by atoms with Crippen molar-refractivity contribution in [1.82, 2.24) is 5.43 Å². The molecule has 0 saturated heterocycles. The molecule has 0 unspecified atom stereocenters. The molecule has 0 atom stereocenters. The third kappa shape index (κ3) is 5.19. The van der Waals surface area contributed by atoms with Crippen LogP contribution in [-0.2, 0) is 0 Å². The monoisotopic (exact) mass is 412 g/mol. The Morgan fingerprint density at radius 3 is 2.32 bits per heavy atom. The number of nitrogens with zero attached hydrogens (tertiary/aromatic N) is 1. The highest BCUT2D eigenvalue weighted by Gasteiger charge is 2.10. The Balaban J connectivity index is 1.58. The molecule has 3 aromatic rings. The van der Waals surface area contributed by atoms with Gasteiger partial charge in [0, 0.05) is 5.02 Å². The minimum Gasteiger partial charge on any atom is -0.423 e. The van der Waals surface area contributed by atoms with E-state index in [0.29, 0.717) is 21.9 Å². The summed E-state index contributed by atoms with van der Waals surface area (Å²) in [7, 11) is 0. The van der Waals surface area contributed by atoms with Gasteiger partial charge in [0.05, 0.1) is 22.4 Å². The SMILES string of the molecule is O=C(Oc1ccc(/C=N/NC(=O)c2ccc(Cl)cc2Cl)cc1)c1ccccc1. The van der Waals surface area contributed by atoms with Crippen molar-refractivity contribution in [1.29, 1.82) is 0 Å². The number of hydrogen-bond acceptors (Lipinski definition) is 4. The number of hydrazone groups is 1. The van der Waals surface area contributed by atoms with E-state index in [1.54, 1.807) is 54.6 Å². The quantitative estimate of drug-likeness (QED) is 0.278. The maximum Gasteiger partial charge on any atom is 0.343 e. The van der Waals surface area contributed by atoms with Crippen LogP contribution in [0.5, 0.6) is 5.75 Å². The fourth-order valence-corrected chi connectivity index (χ4v) is 2.76. The molecule has 1 amide bonds. The molecule has 0 aliphatic heterocycles. The molecule has 3 rings (SSSR count). The summed E-state index contributed by atoms with van der Waals surface area (Å²) in [5, 5.41) is 4.58. The first-order valence-corrected chi connectivity index (χ1v) is 8.94. The number of esters is 1. The zero-order valence-electron chi connectivity index (χ0n) is 14.4. The number of amides is 1. The van der Waals surface area contributed by atoms with Gasteiger partial charge in [0.1, 0.15) is 5.75 Å². The van der Waals surface area contributed by atoms with Crippen molar-refractivity contribution in [3.63, 3.8) is 0 Å². The molecular weight excluding hydrogens is 399 g/mol. The van der Waals surface area contributed by atoms with Gasteiger partial charge in [-0.25, -0.2) is 10.2 Å². The second-order valence-corrected chi connectivity index (χ2v) is 6.49. The van der Waals surface area contributed by atoms with Crippen LogP contribution in [0.15, 0.2) is 77.9 Å².